The first-order valence-electron chi connectivity index (χ1n) is 10.0. The number of rotatable bonds is 4. The zero-order valence-corrected chi connectivity index (χ0v) is 17.0. The Labute approximate surface area is 170 Å². The number of amides is 2. The van der Waals surface area contributed by atoms with E-state index in [1.54, 1.807) is 0 Å². The molecule has 3 N–H and O–H groups in total. The molecule has 1 unspecified atom stereocenters. The number of imide groups is 1. The van der Waals surface area contributed by atoms with Gasteiger partial charge < -0.3 is 15.4 Å². The van der Waals surface area contributed by atoms with Gasteiger partial charge in [-0.25, -0.2) is 0 Å². The van der Waals surface area contributed by atoms with Gasteiger partial charge in [0.05, 0.1) is 0 Å². The molecule has 0 spiro atoms. The summed E-state index contributed by atoms with van der Waals surface area (Å²) in [5.41, 5.74) is 1.79. The SMILES string of the molecule is CC(C)(C)OC(=O)C1CC(c2ccc(NC34CC(C3)C(=O)NC4=O)cc2)=CCN1. The lowest BCUT2D eigenvalue weighted by atomic mass is 9.64. The number of hydrogen-bond acceptors (Lipinski definition) is 6. The molecular formula is C22H27N3O4. The normalized spacial score (nSPS) is 28.7. The van der Waals surface area contributed by atoms with Crippen molar-refractivity contribution < 1.29 is 19.1 Å². The van der Waals surface area contributed by atoms with Gasteiger partial charge in [0.2, 0.25) is 5.91 Å². The molecule has 154 valence electrons. The Morgan fingerprint density at radius 2 is 1.86 bits per heavy atom. The minimum absolute atomic E-state index is 0.0656. The van der Waals surface area contributed by atoms with Crippen molar-refractivity contribution in [1.82, 2.24) is 10.6 Å². The van der Waals surface area contributed by atoms with Gasteiger partial charge in [0.15, 0.2) is 0 Å². The van der Waals surface area contributed by atoms with Crippen LogP contribution in [0.25, 0.3) is 5.57 Å². The number of hydrogen-bond donors (Lipinski definition) is 3. The van der Waals surface area contributed by atoms with Crippen molar-refractivity contribution >= 4 is 29.0 Å². The summed E-state index contributed by atoms with van der Waals surface area (Å²) in [5.74, 6) is -0.705. The first-order valence-corrected chi connectivity index (χ1v) is 10.0. The summed E-state index contributed by atoms with van der Waals surface area (Å²) in [6.07, 6.45) is 3.75. The van der Waals surface area contributed by atoms with Crippen LogP contribution in [0.15, 0.2) is 30.3 Å². The summed E-state index contributed by atoms with van der Waals surface area (Å²) in [4.78, 5) is 36.2. The molecule has 2 saturated heterocycles. The molecule has 5 rings (SSSR count). The molecule has 7 heteroatoms. The predicted molar refractivity (Wildman–Crippen MR) is 109 cm³/mol. The highest BCUT2D eigenvalue weighted by molar-refractivity contribution is 6.08. The Morgan fingerprint density at radius 1 is 1.17 bits per heavy atom. The largest absolute Gasteiger partial charge is 0.459 e. The summed E-state index contributed by atoms with van der Waals surface area (Å²) in [5, 5.41) is 8.93. The number of esters is 1. The molecule has 1 aliphatic carbocycles. The molecule has 1 aromatic rings. The predicted octanol–water partition coefficient (Wildman–Crippen LogP) is 1.99. The van der Waals surface area contributed by atoms with Gasteiger partial charge in [0.25, 0.3) is 5.91 Å². The smallest absolute Gasteiger partial charge is 0.324 e. The quantitative estimate of drug-likeness (QED) is 0.531. The van der Waals surface area contributed by atoms with Crippen molar-refractivity contribution in [1.29, 1.82) is 0 Å². The summed E-state index contributed by atoms with van der Waals surface area (Å²) in [7, 11) is 0. The van der Waals surface area contributed by atoms with E-state index in [4.69, 9.17) is 4.74 Å². The monoisotopic (exact) mass is 397 g/mol. The van der Waals surface area contributed by atoms with Crippen LogP contribution in [0.2, 0.25) is 0 Å². The summed E-state index contributed by atoms with van der Waals surface area (Å²) in [6.45, 7) is 6.20. The van der Waals surface area contributed by atoms with Crippen LogP contribution in [0.1, 0.15) is 45.6 Å². The molecule has 0 aromatic heterocycles. The van der Waals surface area contributed by atoms with E-state index in [2.05, 4.69) is 22.0 Å². The van der Waals surface area contributed by atoms with Crippen molar-refractivity contribution in [3.8, 4) is 0 Å². The van der Waals surface area contributed by atoms with Gasteiger partial charge in [-0.2, -0.15) is 0 Å². The molecule has 4 aliphatic rings. The zero-order chi connectivity index (χ0) is 20.8. The highest BCUT2D eigenvalue weighted by Crippen LogP contribution is 2.44. The van der Waals surface area contributed by atoms with Gasteiger partial charge in [0.1, 0.15) is 17.2 Å². The van der Waals surface area contributed by atoms with Crippen molar-refractivity contribution in [3.63, 3.8) is 0 Å². The molecule has 3 heterocycles. The highest BCUT2D eigenvalue weighted by Gasteiger charge is 2.57. The fraction of sp³-hybridized carbons (Fsp3) is 0.500. The number of ether oxygens (including phenoxy) is 1. The molecule has 2 bridgehead atoms. The fourth-order valence-corrected chi connectivity index (χ4v) is 4.16. The lowest BCUT2D eigenvalue weighted by Crippen LogP contribution is -2.69. The second kappa shape index (κ2) is 6.99. The minimum Gasteiger partial charge on any atom is -0.459 e. The minimum atomic E-state index is -0.671. The van der Waals surface area contributed by atoms with E-state index in [1.807, 2.05) is 45.0 Å². The second-order valence-electron chi connectivity index (χ2n) is 9.14. The van der Waals surface area contributed by atoms with Gasteiger partial charge in [0, 0.05) is 18.2 Å². The number of anilines is 1. The van der Waals surface area contributed by atoms with Crippen LogP contribution in [0.4, 0.5) is 5.69 Å². The third-order valence-electron chi connectivity index (χ3n) is 5.70. The lowest BCUT2D eigenvalue weighted by Gasteiger charge is -2.50. The molecular weight excluding hydrogens is 370 g/mol. The van der Waals surface area contributed by atoms with E-state index in [0.29, 0.717) is 25.8 Å². The molecule has 0 radical (unpaired) electrons. The maximum absolute atomic E-state index is 12.4. The van der Waals surface area contributed by atoms with Crippen LogP contribution >= 0.6 is 0 Å². The maximum atomic E-state index is 12.4. The number of nitrogens with one attached hydrogen (secondary N) is 3. The molecule has 3 fully saturated rings. The van der Waals surface area contributed by atoms with Crippen LogP contribution in [0.5, 0.6) is 0 Å². The summed E-state index contributed by atoms with van der Waals surface area (Å²) >= 11 is 0. The first kappa shape index (κ1) is 19.6. The number of benzene rings is 1. The van der Waals surface area contributed by atoms with Gasteiger partial charge in [-0.05, 0) is 63.3 Å². The van der Waals surface area contributed by atoms with Crippen LogP contribution in [-0.4, -0.2) is 41.5 Å². The van der Waals surface area contributed by atoms with Gasteiger partial charge >= 0.3 is 5.97 Å². The molecule has 2 amide bonds. The van der Waals surface area contributed by atoms with Gasteiger partial charge in [-0.15, -0.1) is 0 Å². The molecule has 7 nitrogen and oxygen atoms in total. The molecule has 1 saturated carbocycles. The molecule has 3 aliphatic heterocycles. The Kier molecular flexibility index (Phi) is 4.73. The van der Waals surface area contributed by atoms with E-state index in [1.165, 1.54) is 0 Å². The number of piperidine rings is 2. The second-order valence-corrected chi connectivity index (χ2v) is 9.14. The van der Waals surface area contributed by atoms with Gasteiger partial charge in [-0.1, -0.05) is 18.2 Å². The third-order valence-corrected chi connectivity index (χ3v) is 5.70. The summed E-state index contributed by atoms with van der Waals surface area (Å²) in [6, 6.07) is 7.49. The molecule has 29 heavy (non-hydrogen) atoms. The van der Waals surface area contributed by atoms with E-state index < -0.39 is 11.1 Å². The maximum Gasteiger partial charge on any atom is 0.324 e. The van der Waals surface area contributed by atoms with Crippen LogP contribution < -0.4 is 16.0 Å². The van der Waals surface area contributed by atoms with Crippen molar-refractivity contribution in [2.45, 2.75) is 57.2 Å². The van der Waals surface area contributed by atoms with Crippen molar-refractivity contribution in [3.05, 3.63) is 35.9 Å². The van der Waals surface area contributed by atoms with Crippen LogP contribution in [0.3, 0.4) is 0 Å². The topological polar surface area (TPSA) is 96.5 Å². The number of carbonyl (C=O) groups is 3. The number of carbonyl (C=O) groups excluding carboxylic acids is 3. The lowest BCUT2D eigenvalue weighted by molar-refractivity contribution is -0.157. The summed E-state index contributed by atoms with van der Waals surface area (Å²) < 4.78 is 5.50. The van der Waals surface area contributed by atoms with E-state index in [0.717, 1.165) is 16.8 Å². The standard InChI is InChI=1S/C22H27N3O4/c1-21(2,3)29-19(27)17-10-14(8-9-23-17)13-4-6-16(7-5-13)25-22-11-15(12-22)18(26)24-20(22)28/h4-8,15,17,23,25H,9-12H2,1-3H3,(H,24,26,28). The van der Waals surface area contributed by atoms with Crippen LogP contribution in [-0.2, 0) is 19.1 Å². The Bertz CT molecular complexity index is 876. The van der Waals surface area contributed by atoms with E-state index >= 15 is 0 Å². The first-order chi connectivity index (χ1) is 13.7. The van der Waals surface area contributed by atoms with Gasteiger partial charge in [-0.3, -0.25) is 19.7 Å². The van der Waals surface area contributed by atoms with E-state index in [-0.39, 0.29) is 29.7 Å². The van der Waals surface area contributed by atoms with Crippen LogP contribution in [0, 0.1) is 5.92 Å². The Balaban J connectivity index is 1.41. The average molecular weight is 397 g/mol. The molecule has 1 atom stereocenters. The van der Waals surface area contributed by atoms with Crippen molar-refractivity contribution in [2.24, 2.45) is 5.92 Å². The Morgan fingerprint density at radius 3 is 2.48 bits per heavy atom. The van der Waals surface area contributed by atoms with Crippen molar-refractivity contribution in [2.75, 3.05) is 11.9 Å². The van der Waals surface area contributed by atoms with E-state index in [9.17, 15) is 14.4 Å². The third kappa shape index (κ3) is 3.92. The molecule has 1 aromatic carbocycles. The average Bonchev–Trinajstić information content (AvgIpc) is 2.62. The zero-order valence-electron chi connectivity index (χ0n) is 17.0. The highest BCUT2D eigenvalue weighted by atomic mass is 16.6. The fourth-order valence-electron chi connectivity index (χ4n) is 4.16. The number of fused-ring (bicyclic) bond motifs is 2. The Hall–Kier alpha value is -2.67.